The van der Waals surface area contributed by atoms with Crippen molar-refractivity contribution in [2.45, 2.75) is 13.8 Å². The molecule has 0 saturated carbocycles. The number of ether oxygens (including phenoxy) is 2. The van der Waals surface area contributed by atoms with Gasteiger partial charge in [-0.2, -0.15) is 0 Å². The van der Waals surface area contributed by atoms with Crippen LogP contribution in [0, 0.1) is 13.8 Å². The van der Waals surface area contributed by atoms with Gasteiger partial charge in [-0.3, -0.25) is 14.4 Å². The molecule has 0 aliphatic rings. The molecule has 3 rings (SSSR count). The highest BCUT2D eigenvalue weighted by molar-refractivity contribution is 6.06. The van der Waals surface area contributed by atoms with Crippen molar-refractivity contribution in [1.82, 2.24) is 9.88 Å². The summed E-state index contributed by atoms with van der Waals surface area (Å²) in [6.45, 7) is 3.58. The highest BCUT2D eigenvalue weighted by Gasteiger charge is 2.17. The number of hydrogen-bond acceptors (Lipinski definition) is 5. The fourth-order valence-electron chi connectivity index (χ4n) is 3.38. The Morgan fingerprint density at radius 2 is 1.66 bits per heavy atom. The van der Waals surface area contributed by atoms with Gasteiger partial charge in [-0.05, 0) is 62.4 Å². The summed E-state index contributed by atoms with van der Waals surface area (Å²) in [6, 6.07) is 15.9. The van der Waals surface area contributed by atoms with E-state index in [-0.39, 0.29) is 12.5 Å². The molecule has 0 saturated heterocycles. The summed E-state index contributed by atoms with van der Waals surface area (Å²) in [5, 5.41) is 5.31. The van der Waals surface area contributed by atoms with E-state index in [1.54, 1.807) is 31.4 Å². The summed E-state index contributed by atoms with van der Waals surface area (Å²) in [5.41, 5.74) is 3.93. The molecule has 0 atom stereocenters. The van der Waals surface area contributed by atoms with E-state index in [0.717, 1.165) is 22.8 Å². The lowest BCUT2D eigenvalue weighted by molar-refractivity contribution is -0.139. The molecule has 3 aromatic rings. The third-order valence-electron chi connectivity index (χ3n) is 5.01. The number of aryl methyl sites for hydroxylation is 1. The first-order valence-electron chi connectivity index (χ1n) is 9.94. The van der Waals surface area contributed by atoms with Crippen molar-refractivity contribution in [1.29, 1.82) is 0 Å². The molecule has 8 nitrogen and oxygen atoms in total. The second kappa shape index (κ2) is 9.82. The molecular weight excluding hydrogens is 410 g/mol. The van der Waals surface area contributed by atoms with Gasteiger partial charge in [0, 0.05) is 28.3 Å². The molecule has 2 amide bonds. The number of nitrogens with one attached hydrogen (secondary N) is 2. The molecule has 0 unspecified atom stereocenters. The molecule has 2 N–H and O–H groups in total. The fourth-order valence-corrected chi connectivity index (χ4v) is 3.38. The Balaban J connectivity index is 1.78. The normalized spacial score (nSPS) is 10.4. The van der Waals surface area contributed by atoms with Gasteiger partial charge in [0.15, 0.2) is 0 Å². The number of benzene rings is 2. The summed E-state index contributed by atoms with van der Waals surface area (Å²) < 4.78 is 11.7. The number of rotatable bonds is 7. The van der Waals surface area contributed by atoms with Gasteiger partial charge in [-0.1, -0.05) is 6.07 Å². The van der Waals surface area contributed by atoms with Gasteiger partial charge < -0.3 is 24.7 Å². The predicted molar refractivity (Wildman–Crippen MR) is 121 cm³/mol. The lowest BCUT2D eigenvalue weighted by Crippen LogP contribution is -2.30. The van der Waals surface area contributed by atoms with Crippen molar-refractivity contribution < 1.29 is 23.9 Å². The van der Waals surface area contributed by atoms with Crippen molar-refractivity contribution in [3.8, 4) is 11.4 Å². The highest BCUT2D eigenvalue weighted by atomic mass is 16.5. The maximum Gasteiger partial charge on any atom is 0.325 e. The number of hydrogen-bond donors (Lipinski definition) is 2. The van der Waals surface area contributed by atoms with Crippen LogP contribution in [0.1, 0.15) is 32.1 Å². The Hall–Kier alpha value is -4.07. The molecular formula is C24H25N3O5. The Morgan fingerprint density at radius 3 is 2.31 bits per heavy atom. The van der Waals surface area contributed by atoms with E-state index in [1.807, 2.05) is 48.7 Å². The Bertz CT molecular complexity index is 1150. The van der Waals surface area contributed by atoms with Gasteiger partial charge in [0.25, 0.3) is 11.8 Å². The minimum atomic E-state index is -0.546. The van der Waals surface area contributed by atoms with Crippen LogP contribution >= 0.6 is 0 Å². The molecule has 166 valence electrons. The van der Waals surface area contributed by atoms with Crippen molar-refractivity contribution in [2.24, 2.45) is 0 Å². The number of amides is 2. The summed E-state index contributed by atoms with van der Waals surface area (Å²) in [4.78, 5) is 36.4. The van der Waals surface area contributed by atoms with Gasteiger partial charge in [-0.25, -0.2) is 0 Å². The maximum absolute atomic E-state index is 13.0. The van der Waals surface area contributed by atoms with Crippen LogP contribution in [0.4, 0.5) is 5.69 Å². The zero-order chi connectivity index (χ0) is 23.3. The lowest BCUT2D eigenvalue weighted by Gasteiger charge is -2.11. The topological polar surface area (TPSA) is 98.7 Å². The average molecular weight is 435 g/mol. The third-order valence-corrected chi connectivity index (χ3v) is 5.01. The van der Waals surface area contributed by atoms with Gasteiger partial charge >= 0.3 is 5.97 Å². The largest absolute Gasteiger partial charge is 0.497 e. The smallest absolute Gasteiger partial charge is 0.325 e. The molecule has 32 heavy (non-hydrogen) atoms. The monoisotopic (exact) mass is 435 g/mol. The van der Waals surface area contributed by atoms with Crippen LogP contribution < -0.4 is 15.4 Å². The minimum absolute atomic E-state index is 0.233. The van der Waals surface area contributed by atoms with Gasteiger partial charge in [0.2, 0.25) is 0 Å². The Morgan fingerprint density at radius 1 is 0.938 bits per heavy atom. The van der Waals surface area contributed by atoms with Crippen molar-refractivity contribution >= 4 is 23.5 Å². The Labute approximate surface area is 186 Å². The van der Waals surface area contributed by atoms with Crippen LogP contribution in [0.3, 0.4) is 0 Å². The van der Waals surface area contributed by atoms with E-state index in [1.165, 1.54) is 7.11 Å². The number of esters is 1. The predicted octanol–water partition coefficient (Wildman–Crippen LogP) is 3.26. The summed E-state index contributed by atoms with van der Waals surface area (Å²) in [5.74, 6) is -0.520. The van der Waals surface area contributed by atoms with E-state index >= 15 is 0 Å². The fraction of sp³-hybridized carbons (Fsp3) is 0.208. The zero-order valence-corrected chi connectivity index (χ0v) is 18.4. The summed E-state index contributed by atoms with van der Waals surface area (Å²) >= 11 is 0. The Kier molecular flexibility index (Phi) is 6.94. The maximum atomic E-state index is 13.0. The van der Waals surface area contributed by atoms with Crippen LogP contribution in [-0.2, 0) is 9.53 Å². The molecule has 0 radical (unpaired) electrons. The molecule has 0 fully saturated rings. The molecule has 8 heteroatoms. The first kappa shape index (κ1) is 22.6. The van der Waals surface area contributed by atoms with Gasteiger partial charge in [-0.15, -0.1) is 0 Å². The number of nitrogens with zero attached hydrogens (tertiary/aromatic N) is 1. The van der Waals surface area contributed by atoms with Crippen LogP contribution in [0.15, 0.2) is 54.6 Å². The number of carbonyl (C=O) groups is 3. The van der Waals surface area contributed by atoms with E-state index in [0.29, 0.717) is 16.8 Å². The molecule has 0 bridgehead atoms. The van der Waals surface area contributed by atoms with Crippen molar-refractivity contribution in [2.75, 3.05) is 26.1 Å². The highest BCUT2D eigenvalue weighted by Crippen LogP contribution is 2.24. The van der Waals surface area contributed by atoms with Gasteiger partial charge in [0.05, 0.1) is 19.8 Å². The lowest BCUT2D eigenvalue weighted by atomic mass is 10.1. The molecule has 0 aliphatic carbocycles. The third kappa shape index (κ3) is 4.97. The van der Waals surface area contributed by atoms with Crippen molar-refractivity contribution in [3.05, 3.63) is 77.1 Å². The number of methoxy groups -OCH3 is 2. The standard InChI is InChI=1S/C24H25N3O5/c1-15-12-21(16(2)27(15)19-8-10-20(31-3)11-9-19)24(30)26-18-7-5-6-17(13-18)23(29)25-14-22(28)32-4/h5-13H,14H2,1-4H3,(H,25,29)(H,26,30). The minimum Gasteiger partial charge on any atom is -0.497 e. The molecule has 0 aliphatic heterocycles. The second-order valence-electron chi connectivity index (χ2n) is 7.11. The summed E-state index contributed by atoms with van der Waals surface area (Å²) in [7, 11) is 2.86. The molecule has 1 heterocycles. The molecule has 1 aromatic heterocycles. The van der Waals surface area contributed by atoms with Crippen molar-refractivity contribution in [3.63, 3.8) is 0 Å². The van der Waals surface area contributed by atoms with E-state index < -0.39 is 11.9 Å². The van der Waals surface area contributed by atoms with Crippen LogP contribution in [-0.4, -0.2) is 43.1 Å². The van der Waals surface area contributed by atoms with Gasteiger partial charge in [0.1, 0.15) is 12.3 Å². The van der Waals surface area contributed by atoms with E-state index in [2.05, 4.69) is 15.4 Å². The average Bonchev–Trinajstić information content (AvgIpc) is 3.11. The number of aromatic nitrogens is 1. The summed E-state index contributed by atoms with van der Waals surface area (Å²) in [6.07, 6.45) is 0. The zero-order valence-electron chi connectivity index (χ0n) is 18.4. The van der Waals surface area contributed by atoms with Crippen LogP contribution in [0.2, 0.25) is 0 Å². The quantitative estimate of drug-likeness (QED) is 0.555. The number of anilines is 1. The van der Waals surface area contributed by atoms with Crippen LogP contribution in [0.5, 0.6) is 5.75 Å². The van der Waals surface area contributed by atoms with E-state index in [9.17, 15) is 14.4 Å². The number of carbonyl (C=O) groups excluding carboxylic acids is 3. The molecule has 2 aromatic carbocycles. The second-order valence-corrected chi connectivity index (χ2v) is 7.11. The van der Waals surface area contributed by atoms with Crippen LogP contribution in [0.25, 0.3) is 5.69 Å². The first-order valence-corrected chi connectivity index (χ1v) is 9.94. The molecule has 0 spiro atoms. The first-order chi connectivity index (χ1) is 15.3. The van der Waals surface area contributed by atoms with E-state index in [4.69, 9.17) is 4.74 Å². The SMILES string of the molecule is COC(=O)CNC(=O)c1cccc(NC(=O)c2cc(C)n(-c3ccc(OC)cc3)c2C)c1.